The molecule has 0 heterocycles. The predicted octanol–water partition coefficient (Wildman–Crippen LogP) is 3.65. The predicted molar refractivity (Wildman–Crippen MR) is 82.1 cm³/mol. The van der Waals surface area contributed by atoms with E-state index in [1.165, 1.54) is 6.07 Å². The summed E-state index contributed by atoms with van der Waals surface area (Å²) in [7, 11) is 0. The maximum atomic E-state index is 12.7. The molecule has 0 saturated heterocycles. The molecular formula is C13H14BrF3N2OS. The molecule has 0 bridgehead atoms. The summed E-state index contributed by atoms with van der Waals surface area (Å²) < 4.78 is 38.3. The van der Waals surface area contributed by atoms with Crippen LogP contribution >= 0.6 is 28.1 Å². The average Bonchev–Trinajstić information content (AvgIpc) is 2.36. The highest BCUT2D eigenvalue weighted by molar-refractivity contribution is 9.10. The molecule has 0 saturated carbocycles. The van der Waals surface area contributed by atoms with Crippen molar-refractivity contribution in [2.24, 2.45) is 5.73 Å². The van der Waals surface area contributed by atoms with Crippen molar-refractivity contribution in [1.29, 1.82) is 0 Å². The minimum Gasteiger partial charge on any atom is -0.392 e. The number of halogens is 4. The van der Waals surface area contributed by atoms with Gasteiger partial charge in [-0.05, 0) is 40.5 Å². The third-order valence-electron chi connectivity index (χ3n) is 2.76. The van der Waals surface area contributed by atoms with Crippen LogP contribution in [0.2, 0.25) is 0 Å². The van der Waals surface area contributed by atoms with Crippen LogP contribution in [0.25, 0.3) is 0 Å². The van der Waals surface area contributed by atoms with Crippen LogP contribution in [0.15, 0.2) is 22.7 Å². The number of nitrogens with two attached hydrogens (primary N) is 1. The maximum Gasteiger partial charge on any atom is 0.416 e. The number of nitrogens with one attached hydrogen (secondary N) is 1. The van der Waals surface area contributed by atoms with Crippen LogP contribution in [0.4, 0.5) is 13.2 Å². The lowest BCUT2D eigenvalue weighted by molar-refractivity contribution is -0.137. The highest BCUT2D eigenvalue weighted by Crippen LogP contribution is 2.31. The van der Waals surface area contributed by atoms with Gasteiger partial charge in [0.2, 0.25) is 0 Å². The number of rotatable bonds is 5. The number of hydrogen-bond donors (Lipinski definition) is 2. The second kappa shape index (κ2) is 7.22. The summed E-state index contributed by atoms with van der Waals surface area (Å²) >= 11 is 7.91. The fourth-order valence-corrected chi connectivity index (χ4v) is 2.29. The van der Waals surface area contributed by atoms with E-state index in [0.29, 0.717) is 6.42 Å². The number of hydrogen-bond acceptors (Lipinski definition) is 2. The van der Waals surface area contributed by atoms with E-state index < -0.39 is 23.7 Å². The first kappa shape index (κ1) is 17.9. The number of alkyl halides is 3. The zero-order chi connectivity index (χ0) is 16.2. The third-order valence-corrected chi connectivity index (χ3v) is 3.74. The molecule has 0 aliphatic carbocycles. The van der Waals surface area contributed by atoms with Gasteiger partial charge in [0.05, 0.1) is 22.2 Å². The molecule has 116 valence electrons. The third kappa shape index (κ3) is 4.96. The number of amides is 1. The lowest BCUT2D eigenvalue weighted by atomic mass is 10.1. The Labute approximate surface area is 134 Å². The van der Waals surface area contributed by atoms with Crippen molar-refractivity contribution in [3.8, 4) is 0 Å². The molecule has 0 radical (unpaired) electrons. The fraction of sp³-hybridized carbons (Fsp3) is 0.385. The van der Waals surface area contributed by atoms with Crippen LogP contribution in [0.3, 0.4) is 0 Å². The average molecular weight is 383 g/mol. The van der Waals surface area contributed by atoms with Crippen LogP contribution in [0, 0.1) is 0 Å². The summed E-state index contributed by atoms with van der Waals surface area (Å²) in [5.74, 6) is -0.653. The number of carbonyl (C=O) groups excluding carboxylic acids is 1. The number of thiocarbonyl (C=S) groups is 1. The summed E-state index contributed by atoms with van der Waals surface area (Å²) in [5, 5.41) is 2.55. The molecule has 0 spiro atoms. The zero-order valence-electron chi connectivity index (χ0n) is 11.1. The Morgan fingerprint density at radius 1 is 1.48 bits per heavy atom. The van der Waals surface area contributed by atoms with Gasteiger partial charge in [-0.15, -0.1) is 0 Å². The molecule has 21 heavy (non-hydrogen) atoms. The number of benzene rings is 1. The Bertz CT molecular complexity index is 549. The van der Waals surface area contributed by atoms with Gasteiger partial charge in [0.15, 0.2) is 0 Å². The summed E-state index contributed by atoms with van der Waals surface area (Å²) in [6.45, 7) is 1.89. The van der Waals surface area contributed by atoms with Crippen molar-refractivity contribution in [2.75, 3.05) is 0 Å². The van der Waals surface area contributed by atoms with E-state index >= 15 is 0 Å². The number of carbonyl (C=O) groups is 1. The molecule has 0 aliphatic heterocycles. The van der Waals surface area contributed by atoms with Gasteiger partial charge in [-0.3, -0.25) is 4.79 Å². The lowest BCUT2D eigenvalue weighted by Crippen LogP contribution is -2.43. The van der Waals surface area contributed by atoms with E-state index in [-0.39, 0.29) is 15.0 Å². The zero-order valence-corrected chi connectivity index (χ0v) is 13.5. The second-order valence-corrected chi connectivity index (χ2v) is 5.74. The van der Waals surface area contributed by atoms with Gasteiger partial charge in [0.25, 0.3) is 5.91 Å². The molecule has 3 N–H and O–H groups in total. The Morgan fingerprint density at radius 2 is 2.10 bits per heavy atom. The minimum absolute atomic E-state index is 0.105. The standard InChI is InChI=1S/C13H14BrF3N2OS/c1-2-3-10(11(18)21)19-12(20)8-6-7(13(15,16)17)4-5-9(8)14/h4-6,10H,2-3H2,1H3,(H2,18,21)(H,19,20). The van der Waals surface area contributed by atoms with Gasteiger partial charge in [0.1, 0.15) is 0 Å². The summed E-state index contributed by atoms with van der Waals surface area (Å²) in [5.41, 5.74) is 4.51. The molecule has 8 heteroatoms. The Balaban J connectivity index is 3.04. The van der Waals surface area contributed by atoms with Crippen LogP contribution in [0.5, 0.6) is 0 Å². The summed E-state index contributed by atoms with van der Waals surface area (Å²) in [6.07, 6.45) is -3.26. The monoisotopic (exact) mass is 382 g/mol. The molecule has 0 aliphatic rings. The molecule has 1 aromatic rings. The van der Waals surface area contributed by atoms with Gasteiger partial charge in [0, 0.05) is 4.47 Å². The molecule has 1 atom stereocenters. The van der Waals surface area contributed by atoms with E-state index in [1.54, 1.807) is 0 Å². The minimum atomic E-state index is -4.51. The topological polar surface area (TPSA) is 55.1 Å². The van der Waals surface area contributed by atoms with Crippen molar-refractivity contribution < 1.29 is 18.0 Å². The van der Waals surface area contributed by atoms with Crippen molar-refractivity contribution in [3.63, 3.8) is 0 Å². The Kier molecular flexibility index (Phi) is 6.15. The highest BCUT2D eigenvalue weighted by Gasteiger charge is 2.31. The van der Waals surface area contributed by atoms with Crippen LogP contribution in [-0.4, -0.2) is 16.9 Å². The molecular weight excluding hydrogens is 369 g/mol. The largest absolute Gasteiger partial charge is 0.416 e. The molecule has 1 unspecified atom stereocenters. The SMILES string of the molecule is CCCC(NC(=O)c1cc(C(F)(F)F)ccc1Br)C(N)=S. The van der Waals surface area contributed by atoms with Crippen LogP contribution in [-0.2, 0) is 6.18 Å². The van der Waals surface area contributed by atoms with E-state index in [9.17, 15) is 18.0 Å². The Hall–Kier alpha value is -1.15. The van der Waals surface area contributed by atoms with E-state index in [2.05, 4.69) is 21.2 Å². The molecule has 1 amide bonds. The van der Waals surface area contributed by atoms with Gasteiger partial charge in [-0.1, -0.05) is 25.6 Å². The van der Waals surface area contributed by atoms with Crippen molar-refractivity contribution in [3.05, 3.63) is 33.8 Å². The molecule has 1 aromatic carbocycles. The molecule has 3 nitrogen and oxygen atoms in total. The Morgan fingerprint density at radius 3 is 2.57 bits per heavy atom. The first-order valence-electron chi connectivity index (χ1n) is 6.13. The summed E-state index contributed by atoms with van der Waals surface area (Å²) in [4.78, 5) is 12.2. The van der Waals surface area contributed by atoms with E-state index in [0.717, 1.165) is 18.6 Å². The van der Waals surface area contributed by atoms with Crippen LogP contribution in [0.1, 0.15) is 35.7 Å². The van der Waals surface area contributed by atoms with Crippen molar-refractivity contribution in [2.45, 2.75) is 32.0 Å². The van der Waals surface area contributed by atoms with Crippen LogP contribution < -0.4 is 11.1 Å². The van der Waals surface area contributed by atoms with E-state index in [1.807, 2.05) is 6.92 Å². The lowest BCUT2D eigenvalue weighted by Gasteiger charge is -2.17. The quantitative estimate of drug-likeness (QED) is 0.764. The van der Waals surface area contributed by atoms with Gasteiger partial charge < -0.3 is 11.1 Å². The molecule has 1 rings (SSSR count). The highest BCUT2D eigenvalue weighted by atomic mass is 79.9. The summed E-state index contributed by atoms with van der Waals surface area (Å²) in [6, 6.07) is 2.34. The van der Waals surface area contributed by atoms with Gasteiger partial charge >= 0.3 is 6.18 Å². The molecule has 0 aromatic heterocycles. The first-order chi connectivity index (χ1) is 9.66. The fourth-order valence-electron chi connectivity index (χ4n) is 1.69. The van der Waals surface area contributed by atoms with Crippen molar-refractivity contribution >= 4 is 39.0 Å². The van der Waals surface area contributed by atoms with Gasteiger partial charge in [-0.2, -0.15) is 13.2 Å². The smallest absolute Gasteiger partial charge is 0.392 e. The van der Waals surface area contributed by atoms with E-state index in [4.69, 9.17) is 18.0 Å². The van der Waals surface area contributed by atoms with Crippen molar-refractivity contribution in [1.82, 2.24) is 5.32 Å². The molecule has 0 fully saturated rings. The normalized spacial score (nSPS) is 12.8. The van der Waals surface area contributed by atoms with Gasteiger partial charge in [-0.25, -0.2) is 0 Å². The second-order valence-electron chi connectivity index (χ2n) is 4.41. The first-order valence-corrected chi connectivity index (χ1v) is 7.33. The maximum absolute atomic E-state index is 12.7.